The molecule has 1 fully saturated rings. The van der Waals surface area contributed by atoms with E-state index in [-0.39, 0.29) is 32.7 Å². The Bertz CT molecular complexity index is 746. The van der Waals surface area contributed by atoms with E-state index in [0.29, 0.717) is 12.8 Å². The summed E-state index contributed by atoms with van der Waals surface area (Å²) < 4.78 is 28.0. The lowest BCUT2D eigenvalue weighted by Gasteiger charge is -2.46. The number of nitrogens with one attached hydrogen (secondary N) is 2. The van der Waals surface area contributed by atoms with Crippen molar-refractivity contribution >= 4 is 27.3 Å². The Morgan fingerprint density at radius 1 is 1.25 bits per heavy atom. The fourth-order valence-electron chi connectivity index (χ4n) is 3.50. The number of halogens is 1. The number of sulfonamides is 1. The van der Waals surface area contributed by atoms with Gasteiger partial charge in [-0.25, -0.2) is 13.1 Å². The first-order valence-electron chi connectivity index (χ1n) is 7.57. The van der Waals surface area contributed by atoms with Gasteiger partial charge < -0.3 is 5.32 Å². The topological polar surface area (TPSA) is 101 Å². The highest BCUT2D eigenvalue weighted by atomic mass is 35.5. The molecule has 1 aliphatic heterocycles. The second-order valence-corrected chi connectivity index (χ2v) is 9.58. The van der Waals surface area contributed by atoms with E-state index < -0.39 is 14.9 Å². The van der Waals surface area contributed by atoms with E-state index in [4.69, 9.17) is 11.6 Å². The van der Waals surface area contributed by atoms with Crippen molar-refractivity contribution < 1.29 is 13.3 Å². The van der Waals surface area contributed by atoms with E-state index in [2.05, 4.69) is 10.0 Å². The molecule has 7 nitrogen and oxygen atoms in total. The number of rotatable bonds is 4. The number of non-ortho nitro benzene ring substituents is 1. The molecule has 1 aromatic carbocycles. The van der Waals surface area contributed by atoms with Crippen LogP contribution < -0.4 is 10.0 Å². The van der Waals surface area contributed by atoms with Crippen molar-refractivity contribution in [2.75, 3.05) is 0 Å². The third-order valence-corrected chi connectivity index (χ3v) is 5.93. The van der Waals surface area contributed by atoms with E-state index in [9.17, 15) is 18.5 Å². The molecule has 0 radical (unpaired) electrons. The van der Waals surface area contributed by atoms with Crippen molar-refractivity contribution in [1.82, 2.24) is 10.0 Å². The van der Waals surface area contributed by atoms with Gasteiger partial charge in [-0.15, -0.1) is 0 Å². The number of nitro groups is 1. The highest BCUT2D eigenvalue weighted by Crippen LogP contribution is 2.31. The van der Waals surface area contributed by atoms with Crippen LogP contribution in [0, 0.1) is 10.1 Å². The lowest BCUT2D eigenvalue weighted by Crippen LogP contribution is -2.62. The molecule has 1 heterocycles. The van der Waals surface area contributed by atoms with Gasteiger partial charge in [-0.05, 0) is 46.6 Å². The second-order valence-electron chi connectivity index (χ2n) is 7.49. The predicted octanol–water partition coefficient (Wildman–Crippen LogP) is 2.84. The Morgan fingerprint density at radius 3 is 2.29 bits per heavy atom. The van der Waals surface area contributed by atoms with E-state index >= 15 is 0 Å². The largest absolute Gasteiger partial charge is 0.307 e. The van der Waals surface area contributed by atoms with Gasteiger partial charge in [0.1, 0.15) is 4.90 Å². The van der Waals surface area contributed by atoms with Gasteiger partial charge in [0.05, 0.1) is 9.95 Å². The van der Waals surface area contributed by atoms with Crippen molar-refractivity contribution in [3.8, 4) is 0 Å². The maximum absolute atomic E-state index is 12.7. The smallest absolute Gasteiger partial charge is 0.270 e. The van der Waals surface area contributed by atoms with Crippen molar-refractivity contribution in [2.24, 2.45) is 0 Å². The lowest BCUT2D eigenvalue weighted by atomic mass is 9.80. The van der Waals surface area contributed by atoms with E-state index in [1.807, 2.05) is 27.7 Å². The molecule has 9 heteroatoms. The fraction of sp³-hybridized carbons (Fsp3) is 0.600. The van der Waals surface area contributed by atoms with Gasteiger partial charge in [0, 0.05) is 29.3 Å². The molecule has 134 valence electrons. The maximum atomic E-state index is 12.7. The molecule has 0 saturated carbocycles. The minimum atomic E-state index is -3.96. The Labute approximate surface area is 147 Å². The van der Waals surface area contributed by atoms with Crippen LogP contribution in [0.4, 0.5) is 5.69 Å². The molecule has 1 saturated heterocycles. The van der Waals surface area contributed by atoms with Crippen molar-refractivity contribution in [1.29, 1.82) is 0 Å². The van der Waals surface area contributed by atoms with Gasteiger partial charge in [0.2, 0.25) is 10.0 Å². The summed E-state index contributed by atoms with van der Waals surface area (Å²) >= 11 is 5.96. The van der Waals surface area contributed by atoms with Crippen molar-refractivity contribution in [3.05, 3.63) is 33.3 Å². The van der Waals surface area contributed by atoms with Crippen LogP contribution >= 0.6 is 11.6 Å². The Balaban J connectivity index is 2.32. The second kappa shape index (κ2) is 6.25. The molecule has 2 rings (SSSR count). The van der Waals surface area contributed by atoms with Gasteiger partial charge in [0.15, 0.2) is 0 Å². The number of nitrogens with zero attached hydrogens (tertiary/aromatic N) is 1. The molecule has 0 amide bonds. The average molecular weight is 376 g/mol. The third kappa shape index (κ3) is 4.44. The lowest BCUT2D eigenvalue weighted by molar-refractivity contribution is -0.385. The van der Waals surface area contributed by atoms with Gasteiger partial charge in [-0.2, -0.15) is 0 Å². The number of hydrogen-bond donors (Lipinski definition) is 2. The molecule has 0 unspecified atom stereocenters. The third-order valence-electron chi connectivity index (χ3n) is 3.93. The standard InChI is InChI=1S/C15H22ClN3O4S/c1-14(2)8-10(9-15(3,4)18-14)17-24(22,23)13-7-11(19(20)21)5-6-12(13)16/h5-7,10,17-18H,8-9H2,1-4H3. The van der Waals surface area contributed by atoms with Crippen LogP contribution in [0.25, 0.3) is 0 Å². The molecule has 2 N–H and O–H groups in total. The van der Waals surface area contributed by atoms with Crippen LogP contribution in [0.1, 0.15) is 40.5 Å². The SMILES string of the molecule is CC1(C)CC(NS(=O)(=O)c2cc([N+](=O)[O-])ccc2Cl)CC(C)(C)N1. The summed E-state index contributed by atoms with van der Waals surface area (Å²) in [6.45, 7) is 8.04. The van der Waals surface area contributed by atoms with Gasteiger partial charge in [0.25, 0.3) is 5.69 Å². The molecule has 0 spiro atoms. The van der Waals surface area contributed by atoms with Crippen LogP contribution in [0.15, 0.2) is 23.1 Å². The van der Waals surface area contributed by atoms with Crippen molar-refractivity contribution in [3.63, 3.8) is 0 Å². The Hall–Kier alpha value is -1.22. The highest BCUT2D eigenvalue weighted by Gasteiger charge is 2.39. The number of hydrogen-bond acceptors (Lipinski definition) is 5. The predicted molar refractivity (Wildman–Crippen MR) is 92.7 cm³/mol. The molecule has 0 bridgehead atoms. The first-order valence-corrected chi connectivity index (χ1v) is 9.43. The van der Waals surface area contributed by atoms with Crippen LogP contribution in [0.2, 0.25) is 5.02 Å². The molecular formula is C15H22ClN3O4S. The monoisotopic (exact) mass is 375 g/mol. The summed E-state index contributed by atoms with van der Waals surface area (Å²) in [5.74, 6) is 0. The molecule has 0 aliphatic carbocycles. The quantitative estimate of drug-likeness (QED) is 0.622. The van der Waals surface area contributed by atoms with Crippen molar-refractivity contribution in [2.45, 2.75) is 62.6 Å². The molecule has 24 heavy (non-hydrogen) atoms. The summed E-state index contributed by atoms with van der Waals surface area (Å²) in [7, 11) is -3.96. The Kier molecular flexibility index (Phi) is 4.98. The van der Waals surface area contributed by atoms with Crippen LogP contribution in [-0.4, -0.2) is 30.5 Å². The minimum absolute atomic E-state index is 0.0412. The van der Waals surface area contributed by atoms with E-state index in [1.54, 1.807) is 0 Å². The number of nitro benzene ring substituents is 1. The zero-order valence-electron chi connectivity index (χ0n) is 14.1. The zero-order chi connectivity index (χ0) is 18.3. The van der Waals surface area contributed by atoms with E-state index in [0.717, 1.165) is 6.07 Å². The van der Waals surface area contributed by atoms with Crippen LogP contribution in [0.3, 0.4) is 0 Å². The number of benzene rings is 1. The fourth-order valence-corrected chi connectivity index (χ4v) is 5.26. The van der Waals surface area contributed by atoms with Crippen LogP contribution in [-0.2, 0) is 10.0 Å². The maximum Gasteiger partial charge on any atom is 0.270 e. The van der Waals surface area contributed by atoms with Gasteiger partial charge >= 0.3 is 0 Å². The highest BCUT2D eigenvalue weighted by molar-refractivity contribution is 7.89. The summed E-state index contributed by atoms with van der Waals surface area (Å²) in [5.41, 5.74) is -0.784. The minimum Gasteiger partial charge on any atom is -0.307 e. The van der Waals surface area contributed by atoms with E-state index in [1.165, 1.54) is 12.1 Å². The molecule has 1 aromatic rings. The zero-order valence-corrected chi connectivity index (χ0v) is 15.7. The summed E-state index contributed by atoms with van der Waals surface area (Å²) in [4.78, 5) is 9.97. The molecule has 1 aliphatic rings. The van der Waals surface area contributed by atoms with Gasteiger partial charge in [-0.1, -0.05) is 11.6 Å². The Morgan fingerprint density at radius 2 is 1.79 bits per heavy atom. The average Bonchev–Trinajstić information content (AvgIpc) is 2.33. The normalized spacial score (nSPS) is 20.7. The number of piperidine rings is 1. The van der Waals surface area contributed by atoms with Gasteiger partial charge in [-0.3, -0.25) is 10.1 Å². The molecule has 0 atom stereocenters. The first-order chi connectivity index (χ1) is 10.8. The van der Waals surface area contributed by atoms with Crippen LogP contribution in [0.5, 0.6) is 0 Å². The summed E-state index contributed by atoms with van der Waals surface area (Å²) in [5, 5.41) is 14.3. The summed E-state index contributed by atoms with van der Waals surface area (Å²) in [6, 6.07) is 3.10. The first kappa shape index (κ1) is 19.1. The molecular weight excluding hydrogens is 354 g/mol. The molecule has 0 aromatic heterocycles. The summed E-state index contributed by atoms with van der Waals surface area (Å²) in [6.07, 6.45) is 1.20.